The average molecular weight is 958 g/mol. The second-order valence-corrected chi connectivity index (χ2v) is 20.5. The predicted molar refractivity (Wildman–Crippen MR) is 251 cm³/mol. The third kappa shape index (κ3) is 11.6. The number of cyclic esters (lactones) is 1. The lowest BCUT2D eigenvalue weighted by molar-refractivity contribution is -0.298. The van der Waals surface area contributed by atoms with Crippen LogP contribution in [0.25, 0.3) is 10.9 Å². The van der Waals surface area contributed by atoms with Crippen LogP contribution < -0.4 is 15.6 Å². The Morgan fingerprint density at radius 2 is 1.66 bits per heavy atom. The van der Waals surface area contributed by atoms with Gasteiger partial charge in [-0.05, 0) is 99.0 Å². The quantitative estimate of drug-likeness (QED) is 0.131. The molecule has 0 bridgehead atoms. The third-order valence-corrected chi connectivity index (χ3v) is 14.7. The summed E-state index contributed by atoms with van der Waals surface area (Å²) < 4.78 is 27.2. The normalized spacial score (nSPS) is 35.7. The second-order valence-electron chi connectivity index (χ2n) is 20.5. The molecule has 14 atom stereocenters. The van der Waals surface area contributed by atoms with Crippen molar-refractivity contribution in [3.8, 4) is 0 Å². The molecule has 1 aromatic carbocycles. The van der Waals surface area contributed by atoms with Gasteiger partial charge in [0.1, 0.15) is 29.3 Å². The molecule has 3 aliphatic heterocycles. The van der Waals surface area contributed by atoms with Crippen LogP contribution in [0.4, 0.5) is 5.69 Å². The van der Waals surface area contributed by atoms with Crippen molar-refractivity contribution in [1.29, 1.82) is 0 Å². The number of piperazine rings is 1. The fourth-order valence-electron chi connectivity index (χ4n) is 10.4. The van der Waals surface area contributed by atoms with E-state index in [0.717, 1.165) is 18.5 Å². The number of hydrogen-bond donors (Lipinski definition) is 6. The lowest BCUT2D eigenvalue weighted by atomic mass is 9.79. The fraction of sp³-hybridized carbons (Fsp3) is 0.735. The molecule has 6 rings (SSSR count). The first-order valence-electron chi connectivity index (χ1n) is 24.2. The van der Waals surface area contributed by atoms with Gasteiger partial charge in [-0.15, -0.1) is 0 Å². The molecular formula is C49H75N5O14. The number of ether oxygens (including phenoxy) is 4. The minimum Gasteiger partial charge on any atom is -0.477 e. The number of amides is 1. The Morgan fingerprint density at radius 1 is 1.00 bits per heavy atom. The summed E-state index contributed by atoms with van der Waals surface area (Å²) in [6, 6.07) is 4.67. The maximum absolute atomic E-state index is 14.5. The summed E-state index contributed by atoms with van der Waals surface area (Å²) >= 11 is 0. The van der Waals surface area contributed by atoms with Crippen LogP contribution in [0, 0.1) is 17.8 Å². The molecule has 380 valence electrons. The van der Waals surface area contributed by atoms with Gasteiger partial charge >= 0.3 is 11.9 Å². The van der Waals surface area contributed by atoms with Crippen LogP contribution in [-0.4, -0.2) is 183 Å². The van der Waals surface area contributed by atoms with Crippen molar-refractivity contribution in [2.24, 2.45) is 17.8 Å². The number of benzene rings is 1. The molecule has 4 fully saturated rings. The number of carboxylic acids is 1. The van der Waals surface area contributed by atoms with Gasteiger partial charge < -0.3 is 64.2 Å². The topological polar surface area (TPSA) is 250 Å². The number of aliphatic hydroxyl groups excluding tert-OH is 3. The van der Waals surface area contributed by atoms with Gasteiger partial charge in [-0.3, -0.25) is 24.1 Å². The van der Waals surface area contributed by atoms with Crippen molar-refractivity contribution in [3.63, 3.8) is 0 Å². The number of carbonyl (C=O) groups excluding carboxylic acids is 3. The first-order valence-corrected chi connectivity index (χ1v) is 24.2. The van der Waals surface area contributed by atoms with E-state index in [1.165, 1.54) is 27.0 Å². The van der Waals surface area contributed by atoms with E-state index >= 15 is 0 Å². The van der Waals surface area contributed by atoms with E-state index < -0.39 is 101 Å². The molecule has 0 radical (unpaired) electrons. The Hall–Kier alpha value is -4.05. The molecule has 1 saturated carbocycles. The highest BCUT2D eigenvalue weighted by molar-refractivity contribution is 6.00. The summed E-state index contributed by atoms with van der Waals surface area (Å²) in [5.74, 6) is -7.07. The Bertz CT molecular complexity index is 2190. The monoisotopic (exact) mass is 958 g/mol. The third-order valence-electron chi connectivity index (χ3n) is 14.7. The number of nitrogens with one attached hydrogen (secondary N) is 1. The summed E-state index contributed by atoms with van der Waals surface area (Å²) in [7, 11) is 3.66. The number of rotatable bonds is 12. The maximum atomic E-state index is 14.5. The number of ketones is 1. The summed E-state index contributed by atoms with van der Waals surface area (Å²) in [5, 5.41) is 59.2. The van der Waals surface area contributed by atoms with Gasteiger partial charge in [-0.25, -0.2) is 4.79 Å². The van der Waals surface area contributed by atoms with Crippen molar-refractivity contribution >= 4 is 40.2 Å². The molecule has 0 spiro atoms. The van der Waals surface area contributed by atoms with Crippen molar-refractivity contribution in [3.05, 3.63) is 40.2 Å². The number of carbonyl (C=O) groups is 4. The number of β-amino-alcohol motifs (C(OH)–C–C–N with tert-alkyl or cyclic N) is 1. The number of likely N-dealkylation sites (N-methyl/N-ethyl adjacent to an activating group) is 1. The van der Waals surface area contributed by atoms with Crippen LogP contribution in [0.15, 0.2) is 29.2 Å². The van der Waals surface area contributed by atoms with Gasteiger partial charge in [0.25, 0.3) is 0 Å². The van der Waals surface area contributed by atoms with E-state index in [1.54, 1.807) is 33.8 Å². The average Bonchev–Trinajstić information content (AvgIpc) is 4.14. The number of carboxylic acid groups (broad SMARTS) is 1. The zero-order valence-corrected chi connectivity index (χ0v) is 41.3. The minimum absolute atomic E-state index is 0.0109. The molecule has 6 N–H and O–H groups in total. The number of anilines is 1. The number of fused-ring (bicyclic) bond motifs is 1. The number of aliphatic hydroxyl groups is 4. The van der Waals surface area contributed by atoms with Crippen LogP contribution in [0.5, 0.6) is 0 Å². The van der Waals surface area contributed by atoms with Gasteiger partial charge in [-0.1, -0.05) is 20.8 Å². The Kier molecular flexibility index (Phi) is 16.9. The summed E-state index contributed by atoms with van der Waals surface area (Å²) in [6.45, 7) is 14.8. The number of esters is 1. The van der Waals surface area contributed by atoms with Crippen LogP contribution in [0.1, 0.15) is 104 Å². The highest BCUT2D eigenvalue weighted by Gasteiger charge is 2.51. The number of nitrogens with zero attached hydrogens (tertiary/aromatic N) is 4. The minimum atomic E-state index is -2.07. The van der Waals surface area contributed by atoms with E-state index in [9.17, 15) is 49.5 Å². The molecule has 68 heavy (non-hydrogen) atoms. The number of pyridine rings is 1. The fourth-order valence-corrected chi connectivity index (χ4v) is 10.4. The molecule has 1 aliphatic carbocycles. The molecule has 1 amide bonds. The lowest BCUT2D eigenvalue weighted by Gasteiger charge is -2.47. The molecule has 4 heterocycles. The van der Waals surface area contributed by atoms with Gasteiger partial charge in [0.2, 0.25) is 11.3 Å². The standard InChI is InChI=1S/C49H75N5O14/c1-11-38-49(8,64)42(59)30(6)44(60)50-26(2)22-48(7,43(28(4)39(56)29(5)46(63)67-38)68-47-41(58)37(51(9)10)20-27(3)66-47)65-25-33(55)23-52-16-18-53(19-17-52)32-14-15-36-34(21-32)40(57)35(45(61)62)24-54(36)31-12-13-31/h14-15,21,24,26-31,33,37-38,41-43,47,55,58-59,64H,11-13,16-20,22-23,25H2,1-10H3,(H,50,60)(H,61,62)/t26-,27-,28+,29-,30-,33?,37+,38-,41-,42+,43-,47+,48-,49+/m1/s1. The van der Waals surface area contributed by atoms with E-state index in [0.29, 0.717) is 43.5 Å². The number of aromatic nitrogens is 1. The van der Waals surface area contributed by atoms with Crippen molar-refractivity contribution in [1.82, 2.24) is 19.7 Å². The number of Topliss-reactive ketones (excluding diaryl/α,β-unsaturated/α-hetero) is 1. The molecular weight excluding hydrogens is 883 g/mol. The van der Waals surface area contributed by atoms with E-state index in [2.05, 4.69) is 15.1 Å². The first kappa shape index (κ1) is 53.3. The number of aromatic carboxylic acids is 1. The van der Waals surface area contributed by atoms with Gasteiger partial charge in [0.05, 0.1) is 48.1 Å². The van der Waals surface area contributed by atoms with Gasteiger partial charge in [0.15, 0.2) is 12.1 Å². The Morgan fingerprint density at radius 3 is 2.26 bits per heavy atom. The zero-order chi connectivity index (χ0) is 50.2. The van der Waals surface area contributed by atoms with Crippen LogP contribution in [0.2, 0.25) is 0 Å². The van der Waals surface area contributed by atoms with Crippen LogP contribution in [0.3, 0.4) is 0 Å². The van der Waals surface area contributed by atoms with Crippen molar-refractivity contribution in [2.75, 3.05) is 58.3 Å². The van der Waals surface area contributed by atoms with Gasteiger partial charge in [-0.2, -0.15) is 0 Å². The van der Waals surface area contributed by atoms with Gasteiger partial charge in [0, 0.05) is 74.0 Å². The molecule has 1 aromatic heterocycles. The maximum Gasteiger partial charge on any atom is 0.341 e. The highest BCUT2D eigenvalue weighted by atomic mass is 16.7. The Balaban J connectivity index is 1.24. The molecule has 19 heteroatoms. The summed E-state index contributed by atoms with van der Waals surface area (Å²) in [5.41, 5.74) is -2.87. The number of hydrogen-bond acceptors (Lipinski definition) is 16. The largest absolute Gasteiger partial charge is 0.477 e. The summed E-state index contributed by atoms with van der Waals surface area (Å²) in [4.78, 5) is 73.4. The molecule has 3 saturated heterocycles. The van der Waals surface area contributed by atoms with Crippen LogP contribution in [-0.2, 0) is 33.3 Å². The van der Waals surface area contributed by atoms with E-state index in [-0.39, 0.29) is 49.7 Å². The van der Waals surface area contributed by atoms with Crippen molar-refractivity contribution in [2.45, 2.75) is 160 Å². The van der Waals surface area contributed by atoms with E-state index in [4.69, 9.17) is 18.9 Å². The Labute approximate surface area is 398 Å². The van der Waals surface area contributed by atoms with Crippen LogP contribution >= 0.6 is 0 Å². The SMILES string of the molecule is CC[C@H]1OC(=O)[C@H](C)C(=O)[C@H](C)[C@@H](O[C@@H]2O[C@H](C)C[C@H](N(C)C)[C@H]2O)[C@](C)(OCC(O)CN2CCN(c3ccc4c(c3)c(=O)c(C(=O)O)cn4C3CC3)CC2)C[C@@H](C)NC(=O)[C@H](C)[C@H](O)[C@@]1(C)O. The lowest BCUT2D eigenvalue weighted by Crippen LogP contribution is -2.60. The summed E-state index contributed by atoms with van der Waals surface area (Å²) in [6.07, 6.45) is -4.16. The smallest absolute Gasteiger partial charge is 0.341 e. The van der Waals surface area contributed by atoms with Crippen molar-refractivity contribution < 1.29 is 63.7 Å². The molecule has 1 unspecified atom stereocenters. The molecule has 4 aliphatic rings. The second kappa shape index (κ2) is 21.5. The zero-order valence-electron chi connectivity index (χ0n) is 41.3. The first-order chi connectivity index (χ1) is 31.9. The highest BCUT2D eigenvalue weighted by Crippen LogP contribution is 2.39. The van der Waals surface area contributed by atoms with E-state index in [1.807, 2.05) is 42.6 Å². The predicted octanol–water partition coefficient (Wildman–Crippen LogP) is 1.92. The molecule has 2 aromatic rings. The molecule has 19 nitrogen and oxygen atoms in total.